The lowest BCUT2D eigenvalue weighted by Gasteiger charge is -2.11. The number of rotatable bonds is 4. The normalized spacial score (nSPS) is 13.6. The Labute approximate surface area is 129 Å². The Bertz CT molecular complexity index is 889. The van der Waals surface area contributed by atoms with E-state index in [1.165, 1.54) is 6.20 Å². The van der Waals surface area contributed by atoms with Crippen molar-refractivity contribution in [2.75, 3.05) is 0 Å². The number of pyridine rings is 1. The van der Waals surface area contributed by atoms with Gasteiger partial charge in [-0.1, -0.05) is 29.0 Å². The number of sulfonamides is 1. The summed E-state index contributed by atoms with van der Waals surface area (Å²) in [6, 6.07) is 4.90. The first-order valence-corrected chi connectivity index (χ1v) is 8.58. The van der Waals surface area contributed by atoms with E-state index in [2.05, 4.69) is 19.9 Å². The second-order valence-electron chi connectivity index (χ2n) is 4.26. The van der Waals surface area contributed by atoms with Crippen LogP contribution in [0.1, 0.15) is 18.8 Å². The Hall–Kier alpha value is -1.55. The molecule has 0 fully saturated rings. The molecule has 0 saturated carbocycles. The molecule has 0 aliphatic rings. The van der Waals surface area contributed by atoms with Gasteiger partial charge in [-0.05, 0) is 19.1 Å². The summed E-state index contributed by atoms with van der Waals surface area (Å²) in [7, 11) is -3.69. The van der Waals surface area contributed by atoms with Gasteiger partial charge in [0.05, 0.1) is 12.2 Å². The van der Waals surface area contributed by atoms with E-state index in [9.17, 15) is 8.42 Å². The largest absolute Gasteiger partial charge is 0.285 e. The molecule has 0 radical (unpaired) electrons. The standard InChI is InChI=1S/C11H10ClN5O2S2/c1-7(10-15-14-8-4-2-3-5-17(8)10)16-21(18,19)9-6-13-11(12)20-9/h2-7,16H,1H3. The van der Waals surface area contributed by atoms with Crippen LogP contribution in [0.3, 0.4) is 0 Å². The van der Waals surface area contributed by atoms with E-state index in [0.29, 0.717) is 11.5 Å². The number of hydrogen-bond donors (Lipinski definition) is 1. The van der Waals surface area contributed by atoms with Crippen LogP contribution in [0.15, 0.2) is 34.8 Å². The van der Waals surface area contributed by atoms with Crippen molar-refractivity contribution in [1.29, 1.82) is 0 Å². The summed E-state index contributed by atoms with van der Waals surface area (Å²) in [6.07, 6.45) is 3.00. The van der Waals surface area contributed by atoms with Gasteiger partial charge in [0.1, 0.15) is 0 Å². The molecule has 3 aromatic rings. The lowest BCUT2D eigenvalue weighted by Crippen LogP contribution is -2.27. The minimum Gasteiger partial charge on any atom is -0.285 e. The predicted octanol–water partition coefficient (Wildman–Crippen LogP) is 1.88. The summed E-state index contributed by atoms with van der Waals surface area (Å²) in [4.78, 5) is 3.73. The van der Waals surface area contributed by atoms with Crippen LogP contribution in [0.2, 0.25) is 4.47 Å². The molecule has 0 aliphatic heterocycles. The minimum absolute atomic E-state index is 0.0631. The first-order valence-electron chi connectivity index (χ1n) is 5.91. The van der Waals surface area contributed by atoms with Gasteiger partial charge < -0.3 is 0 Å². The monoisotopic (exact) mass is 343 g/mol. The highest BCUT2D eigenvalue weighted by molar-refractivity contribution is 7.91. The van der Waals surface area contributed by atoms with Gasteiger partial charge in [0, 0.05) is 6.20 Å². The maximum Gasteiger partial charge on any atom is 0.252 e. The quantitative estimate of drug-likeness (QED) is 0.781. The molecule has 3 aromatic heterocycles. The van der Waals surface area contributed by atoms with Gasteiger partial charge in [-0.2, -0.15) is 4.72 Å². The van der Waals surface area contributed by atoms with Crippen molar-refractivity contribution in [1.82, 2.24) is 24.3 Å². The van der Waals surface area contributed by atoms with Gasteiger partial charge in [-0.25, -0.2) is 13.4 Å². The van der Waals surface area contributed by atoms with E-state index in [1.807, 2.05) is 12.1 Å². The summed E-state index contributed by atoms with van der Waals surface area (Å²) >= 11 is 6.57. The van der Waals surface area contributed by atoms with Gasteiger partial charge >= 0.3 is 0 Å². The van der Waals surface area contributed by atoms with Crippen molar-refractivity contribution in [3.63, 3.8) is 0 Å². The fourth-order valence-corrected chi connectivity index (χ4v) is 4.37. The first kappa shape index (κ1) is 14.4. The third kappa shape index (κ3) is 2.77. The third-order valence-corrected chi connectivity index (χ3v) is 5.90. The van der Waals surface area contributed by atoms with E-state index in [-0.39, 0.29) is 8.68 Å². The molecule has 10 heteroatoms. The fraction of sp³-hybridized carbons (Fsp3) is 0.182. The van der Waals surface area contributed by atoms with E-state index >= 15 is 0 Å². The summed E-state index contributed by atoms with van der Waals surface area (Å²) in [5, 5.41) is 8.02. The molecule has 0 amide bonds. The van der Waals surface area contributed by atoms with Crippen molar-refractivity contribution < 1.29 is 8.42 Å². The van der Waals surface area contributed by atoms with Gasteiger partial charge in [-0.3, -0.25) is 4.40 Å². The maximum absolute atomic E-state index is 12.2. The summed E-state index contributed by atoms with van der Waals surface area (Å²) < 4.78 is 29.0. The SMILES string of the molecule is CC(NS(=O)(=O)c1cnc(Cl)s1)c1nnc2ccccn12. The molecule has 1 N–H and O–H groups in total. The second-order valence-corrected chi connectivity index (χ2v) is 7.82. The van der Waals surface area contributed by atoms with Crippen molar-refractivity contribution in [2.24, 2.45) is 0 Å². The zero-order valence-electron chi connectivity index (χ0n) is 10.8. The predicted molar refractivity (Wildman–Crippen MR) is 78.8 cm³/mol. The molecule has 0 aromatic carbocycles. The first-order chi connectivity index (χ1) is 9.97. The molecular formula is C11H10ClN5O2S2. The van der Waals surface area contributed by atoms with Crippen LogP contribution in [0, 0.1) is 0 Å². The van der Waals surface area contributed by atoms with Crippen LogP contribution in [0.25, 0.3) is 5.65 Å². The van der Waals surface area contributed by atoms with Gasteiger partial charge in [0.25, 0.3) is 10.0 Å². The third-order valence-electron chi connectivity index (χ3n) is 2.78. The van der Waals surface area contributed by atoms with Crippen LogP contribution in [0.5, 0.6) is 0 Å². The molecule has 3 rings (SSSR count). The lowest BCUT2D eigenvalue weighted by atomic mass is 10.3. The molecule has 21 heavy (non-hydrogen) atoms. The van der Waals surface area contributed by atoms with Crippen molar-refractivity contribution in [3.05, 3.63) is 40.9 Å². The van der Waals surface area contributed by atoms with Crippen molar-refractivity contribution in [3.8, 4) is 0 Å². The van der Waals surface area contributed by atoms with Gasteiger partial charge in [0.2, 0.25) is 0 Å². The Morgan fingerprint density at radius 3 is 2.90 bits per heavy atom. The number of nitrogens with zero attached hydrogens (tertiary/aromatic N) is 4. The average Bonchev–Trinajstić information content (AvgIpc) is 3.04. The number of fused-ring (bicyclic) bond motifs is 1. The van der Waals surface area contributed by atoms with Crippen LogP contribution >= 0.6 is 22.9 Å². The number of halogens is 1. The average molecular weight is 344 g/mol. The van der Waals surface area contributed by atoms with E-state index in [4.69, 9.17) is 11.6 Å². The number of aromatic nitrogens is 4. The molecule has 1 unspecified atom stereocenters. The molecule has 0 bridgehead atoms. The highest BCUT2D eigenvalue weighted by atomic mass is 35.5. The maximum atomic E-state index is 12.2. The van der Waals surface area contributed by atoms with Crippen molar-refractivity contribution >= 4 is 38.6 Å². The molecule has 7 nitrogen and oxygen atoms in total. The molecule has 0 saturated heterocycles. The topological polar surface area (TPSA) is 89.2 Å². The van der Waals surface area contributed by atoms with Gasteiger partial charge in [0.15, 0.2) is 20.1 Å². The van der Waals surface area contributed by atoms with Crippen LogP contribution in [-0.4, -0.2) is 28.0 Å². The highest BCUT2D eigenvalue weighted by Gasteiger charge is 2.23. The summed E-state index contributed by atoms with van der Waals surface area (Å²) in [5.41, 5.74) is 0.652. The number of hydrogen-bond acceptors (Lipinski definition) is 6. The molecule has 1 atom stereocenters. The molecule has 0 aliphatic carbocycles. The number of nitrogens with one attached hydrogen (secondary N) is 1. The smallest absolute Gasteiger partial charge is 0.252 e. The Morgan fingerprint density at radius 2 is 2.19 bits per heavy atom. The lowest BCUT2D eigenvalue weighted by molar-refractivity contribution is 0.560. The Morgan fingerprint density at radius 1 is 1.38 bits per heavy atom. The Balaban J connectivity index is 1.91. The molecule has 110 valence electrons. The van der Waals surface area contributed by atoms with Gasteiger partial charge in [-0.15, -0.1) is 10.2 Å². The summed E-state index contributed by atoms with van der Waals surface area (Å²) in [5.74, 6) is 0.504. The second kappa shape index (κ2) is 5.34. The van der Waals surface area contributed by atoms with E-state index in [1.54, 1.807) is 23.6 Å². The van der Waals surface area contributed by atoms with Crippen LogP contribution in [0.4, 0.5) is 0 Å². The highest BCUT2D eigenvalue weighted by Crippen LogP contribution is 2.24. The molecule has 0 spiro atoms. The minimum atomic E-state index is -3.69. The Kier molecular flexibility index (Phi) is 3.66. The van der Waals surface area contributed by atoms with Crippen molar-refractivity contribution in [2.45, 2.75) is 17.2 Å². The van der Waals surface area contributed by atoms with E-state index < -0.39 is 16.1 Å². The molecule has 3 heterocycles. The van der Waals surface area contributed by atoms with E-state index in [0.717, 1.165) is 11.3 Å². The number of thiazole rings is 1. The zero-order chi connectivity index (χ0) is 15.0. The summed E-state index contributed by atoms with van der Waals surface area (Å²) in [6.45, 7) is 1.70. The fourth-order valence-electron chi connectivity index (χ4n) is 1.86. The molecular weight excluding hydrogens is 334 g/mol. The zero-order valence-corrected chi connectivity index (χ0v) is 13.2. The van der Waals surface area contributed by atoms with Crippen LogP contribution in [-0.2, 0) is 10.0 Å². The van der Waals surface area contributed by atoms with Crippen LogP contribution < -0.4 is 4.72 Å².